The molecule has 1 fully saturated rings. The van der Waals surface area contributed by atoms with Crippen molar-refractivity contribution in [2.75, 3.05) is 26.2 Å². The van der Waals surface area contributed by atoms with Crippen LogP contribution < -0.4 is 5.32 Å². The average molecular weight is 195 g/mol. The van der Waals surface area contributed by atoms with Gasteiger partial charge < -0.3 is 9.88 Å². The van der Waals surface area contributed by atoms with E-state index in [2.05, 4.69) is 20.4 Å². The van der Waals surface area contributed by atoms with Gasteiger partial charge in [0.2, 0.25) is 0 Å². The molecule has 0 radical (unpaired) electrons. The second kappa shape index (κ2) is 4.52. The Kier molecular flexibility index (Phi) is 3.10. The normalized spacial score (nSPS) is 19.5. The van der Waals surface area contributed by atoms with Crippen molar-refractivity contribution in [3.05, 3.63) is 12.2 Å². The summed E-state index contributed by atoms with van der Waals surface area (Å²) in [4.78, 5) is 2.42. The molecule has 1 aliphatic heterocycles. The molecule has 1 aliphatic rings. The summed E-state index contributed by atoms with van der Waals surface area (Å²) in [5.41, 5.74) is 0. The minimum Gasteiger partial charge on any atom is -0.320 e. The summed E-state index contributed by atoms with van der Waals surface area (Å²) in [6.45, 7) is 5.39. The van der Waals surface area contributed by atoms with E-state index >= 15 is 0 Å². The molecule has 5 nitrogen and oxygen atoms in total. The molecule has 78 valence electrons. The fourth-order valence-electron chi connectivity index (χ4n) is 1.71. The lowest BCUT2D eigenvalue weighted by Gasteiger charge is -2.18. The predicted molar refractivity (Wildman–Crippen MR) is 53.8 cm³/mol. The van der Waals surface area contributed by atoms with Gasteiger partial charge in [0.05, 0.1) is 6.54 Å². The standard InChI is InChI=1S/C9H17N5/c1-13-8-11-12-9(13)7-14-5-2-3-10-4-6-14/h8,10H,2-7H2,1H3. The SMILES string of the molecule is Cn1cnnc1CN1CCCNCC1. The van der Waals surface area contributed by atoms with E-state index in [1.165, 1.54) is 6.42 Å². The summed E-state index contributed by atoms with van der Waals surface area (Å²) in [6.07, 6.45) is 2.98. The van der Waals surface area contributed by atoms with Crippen LogP contribution in [0.4, 0.5) is 0 Å². The maximum atomic E-state index is 4.09. The zero-order chi connectivity index (χ0) is 9.80. The number of hydrogen-bond acceptors (Lipinski definition) is 4. The molecule has 1 aromatic heterocycles. The van der Waals surface area contributed by atoms with Crippen molar-refractivity contribution in [1.29, 1.82) is 0 Å². The van der Waals surface area contributed by atoms with E-state index in [0.29, 0.717) is 0 Å². The van der Waals surface area contributed by atoms with Crippen molar-refractivity contribution in [2.45, 2.75) is 13.0 Å². The summed E-state index contributed by atoms with van der Waals surface area (Å²) in [5, 5.41) is 11.4. The Balaban J connectivity index is 1.92. The maximum absolute atomic E-state index is 4.09. The van der Waals surface area contributed by atoms with Crippen LogP contribution in [-0.2, 0) is 13.6 Å². The molecule has 0 aromatic carbocycles. The van der Waals surface area contributed by atoms with E-state index < -0.39 is 0 Å². The van der Waals surface area contributed by atoms with E-state index in [9.17, 15) is 0 Å². The van der Waals surface area contributed by atoms with Gasteiger partial charge in [0, 0.05) is 20.1 Å². The topological polar surface area (TPSA) is 46.0 Å². The first-order valence-electron chi connectivity index (χ1n) is 5.12. The maximum Gasteiger partial charge on any atom is 0.146 e. The smallest absolute Gasteiger partial charge is 0.146 e. The Bertz CT molecular complexity index is 274. The number of aromatic nitrogens is 3. The quantitative estimate of drug-likeness (QED) is 0.698. The zero-order valence-corrected chi connectivity index (χ0v) is 8.61. The lowest BCUT2D eigenvalue weighted by molar-refractivity contribution is 0.274. The first kappa shape index (κ1) is 9.61. The Labute approximate surface area is 84.1 Å². The van der Waals surface area contributed by atoms with Crippen LogP contribution in [0.25, 0.3) is 0 Å². The summed E-state index contributed by atoms with van der Waals surface area (Å²) in [5.74, 6) is 1.05. The van der Waals surface area contributed by atoms with E-state index in [1.54, 1.807) is 6.33 Å². The van der Waals surface area contributed by atoms with Gasteiger partial charge in [-0.1, -0.05) is 0 Å². The molecule has 1 N–H and O–H groups in total. The predicted octanol–water partition coefficient (Wildman–Crippen LogP) is -0.390. The summed E-state index contributed by atoms with van der Waals surface area (Å²) >= 11 is 0. The van der Waals surface area contributed by atoms with Crippen molar-refractivity contribution < 1.29 is 0 Å². The molecule has 0 bridgehead atoms. The molecule has 0 saturated carbocycles. The van der Waals surface area contributed by atoms with Crippen LogP contribution >= 0.6 is 0 Å². The van der Waals surface area contributed by atoms with Crippen molar-refractivity contribution in [3.63, 3.8) is 0 Å². The monoisotopic (exact) mass is 195 g/mol. The third kappa shape index (κ3) is 2.30. The molecule has 1 saturated heterocycles. The van der Waals surface area contributed by atoms with Crippen LogP contribution in [0.1, 0.15) is 12.2 Å². The highest BCUT2D eigenvalue weighted by Gasteiger charge is 2.11. The fourth-order valence-corrected chi connectivity index (χ4v) is 1.71. The van der Waals surface area contributed by atoms with Gasteiger partial charge in [0.1, 0.15) is 12.2 Å². The average Bonchev–Trinajstić information content (AvgIpc) is 2.44. The molecule has 14 heavy (non-hydrogen) atoms. The minimum absolute atomic E-state index is 0.915. The number of rotatable bonds is 2. The molecule has 0 spiro atoms. The molecule has 0 unspecified atom stereocenters. The molecule has 0 aliphatic carbocycles. The Morgan fingerprint density at radius 2 is 2.36 bits per heavy atom. The summed E-state index contributed by atoms with van der Waals surface area (Å²) in [7, 11) is 1.99. The third-order valence-corrected chi connectivity index (χ3v) is 2.60. The third-order valence-electron chi connectivity index (χ3n) is 2.60. The molecule has 1 aromatic rings. The Morgan fingerprint density at radius 3 is 3.14 bits per heavy atom. The second-order valence-electron chi connectivity index (χ2n) is 3.74. The lowest BCUT2D eigenvalue weighted by Crippen LogP contribution is -2.28. The fraction of sp³-hybridized carbons (Fsp3) is 0.778. The number of aryl methyl sites for hydroxylation is 1. The minimum atomic E-state index is 0.915. The first-order chi connectivity index (χ1) is 6.86. The van der Waals surface area contributed by atoms with Crippen LogP contribution in [0.3, 0.4) is 0 Å². The number of nitrogens with zero attached hydrogens (tertiary/aromatic N) is 4. The van der Waals surface area contributed by atoms with Crippen molar-refractivity contribution in [3.8, 4) is 0 Å². The second-order valence-corrected chi connectivity index (χ2v) is 3.74. The highest BCUT2D eigenvalue weighted by atomic mass is 15.3. The van der Waals surface area contributed by atoms with E-state index in [4.69, 9.17) is 0 Å². The van der Waals surface area contributed by atoms with Gasteiger partial charge in [0.25, 0.3) is 0 Å². The van der Waals surface area contributed by atoms with Crippen LogP contribution in [0.5, 0.6) is 0 Å². The van der Waals surface area contributed by atoms with E-state index in [-0.39, 0.29) is 0 Å². The van der Waals surface area contributed by atoms with Gasteiger partial charge in [-0.15, -0.1) is 10.2 Å². The van der Waals surface area contributed by atoms with Gasteiger partial charge in [-0.25, -0.2) is 0 Å². The van der Waals surface area contributed by atoms with Gasteiger partial charge in [0.15, 0.2) is 0 Å². The van der Waals surface area contributed by atoms with Gasteiger partial charge in [-0.3, -0.25) is 4.90 Å². The highest BCUT2D eigenvalue weighted by molar-refractivity contribution is 4.84. The molecule has 5 heteroatoms. The van der Waals surface area contributed by atoms with Gasteiger partial charge >= 0.3 is 0 Å². The summed E-state index contributed by atoms with van der Waals surface area (Å²) in [6, 6.07) is 0. The van der Waals surface area contributed by atoms with Crippen LogP contribution in [0, 0.1) is 0 Å². The first-order valence-corrected chi connectivity index (χ1v) is 5.12. The molecule has 0 amide bonds. The molecule has 2 heterocycles. The largest absolute Gasteiger partial charge is 0.320 e. The zero-order valence-electron chi connectivity index (χ0n) is 8.61. The molecule has 0 atom stereocenters. The molecule has 2 rings (SSSR count). The van der Waals surface area contributed by atoms with Gasteiger partial charge in [-0.2, -0.15) is 0 Å². The van der Waals surface area contributed by atoms with Crippen molar-refractivity contribution >= 4 is 0 Å². The highest BCUT2D eigenvalue weighted by Crippen LogP contribution is 2.02. The Hall–Kier alpha value is -0.940. The van der Waals surface area contributed by atoms with E-state index in [0.717, 1.165) is 38.5 Å². The number of nitrogens with one attached hydrogen (secondary N) is 1. The van der Waals surface area contributed by atoms with E-state index in [1.807, 2.05) is 11.6 Å². The van der Waals surface area contributed by atoms with Crippen molar-refractivity contribution in [2.24, 2.45) is 7.05 Å². The Morgan fingerprint density at radius 1 is 1.43 bits per heavy atom. The number of hydrogen-bond donors (Lipinski definition) is 1. The van der Waals surface area contributed by atoms with Crippen LogP contribution in [0.15, 0.2) is 6.33 Å². The van der Waals surface area contributed by atoms with Gasteiger partial charge in [-0.05, 0) is 19.5 Å². The summed E-state index contributed by atoms with van der Waals surface area (Å²) < 4.78 is 1.98. The molecular weight excluding hydrogens is 178 g/mol. The van der Waals surface area contributed by atoms with Crippen molar-refractivity contribution in [1.82, 2.24) is 25.0 Å². The van der Waals surface area contributed by atoms with Crippen LogP contribution in [0.2, 0.25) is 0 Å². The molecular formula is C9H17N5. The lowest BCUT2D eigenvalue weighted by atomic mass is 10.4. The van der Waals surface area contributed by atoms with Crippen LogP contribution in [-0.4, -0.2) is 45.8 Å².